The van der Waals surface area contributed by atoms with E-state index in [1.54, 1.807) is 0 Å². The van der Waals surface area contributed by atoms with Gasteiger partial charge in [-0.3, -0.25) is 0 Å². The molecule has 0 heterocycles. The van der Waals surface area contributed by atoms with E-state index in [0.717, 1.165) is 0 Å². The summed E-state index contributed by atoms with van der Waals surface area (Å²) >= 11 is 0. The van der Waals surface area contributed by atoms with Gasteiger partial charge in [-0.15, -0.1) is 0 Å². The Labute approximate surface area is 370 Å². The van der Waals surface area contributed by atoms with Crippen LogP contribution in [0, 0.1) is 0 Å². The molecule has 13 aromatic rings. The van der Waals surface area contributed by atoms with Gasteiger partial charge in [0.1, 0.15) is 0 Å². The zero-order chi connectivity index (χ0) is 41.9. The summed E-state index contributed by atoms with van der Waals surface area (Å²) in [5, 5.41) is 17.8. The van der Waals surface area contributed by atoms with Gasteiger partial charge in [0.2, 0.25) is 0 Å². The van der Waals surface area contributed by atoms with E-state index in [0.29, 0.717) is 0 Å². The summed E-state index contributed by atoms with van der Waals surface area (Å²) in [6.07, 6.45) is 0. The van der Waals surface area contributed by atoms with E-state index in [1.165, 1.54) is 142 Å². The van der Waals surface area contributed by atoms with Gasteiger partial charge in [-0.05, 0) is 173 Å². The van der Waals surface area contributed by atoms with Gasteiger partial charge >= 0.3 is 0 Å². The van der Waals surface area contributed by atoms with Crippen LogP contribution in [-0.4, -0.2) is 0 Å². The predicted octanol–water partition coefficient (Wildman–Crippen LogP) is 18.1. The maximum absolute atomic E-state index is 2.55. The van der Waals surface area contributed by atoms with E-state index < -0.39 is 0 Å². The smallest absolute Gasteiger partial charge is 0.000719 e. The Bertz CT molecular complexity index is 4100. The van der Waals surface area contributed by atoms with Gasteiger partial charge in [0, 0.05) is 0 Å². The van der Waals surface area contributed by atoms with Crippen molar-refractivity contribution in [3.63, 3.8) is 0 Å². The summed E-state index contributed by atoms with van der Waals surface area (Å²) in [5.74, 6) is 0. The maximum Gasteiger partial charge on any atom is -0.000719 e. The van der Waals surface area contributed by atoms with Crippen molar-refractivity contribution in [2.24, 2.45) is 0 Å². The van der Waals surface area contributed by atoms with Gasteiger partial charge in [0.05, 0.1) is 0 Å². The van der Waals surface area contributed by atoms with Crippen LogP contribution >= 0.6 is 0 Å². The van der Waals surface area contributed by atoms with Gasteiger partial charge < -0.3 is 0 Å². The molecule has 64 heavy (non-hydrogen) atoms. The van der Waals surface area contributed by atoms with Crippen LogP contribution in [0.5, 0.6) is 0 Å². The highest BCUT2D eigenvalue weighted by molar-refractivity contribution is 6.32. The van der Waals surface area contributed by atoms with Crippen LogP contribution in [0.1, 0.15) is 0 Å². The highest BCUT2D eigenvalue weighted by atomic mass is 14.3. The molecule has 0 bridgehead atoms. The van der Waals surface area contributed by atoms with Gasteiger partial charge in [-0.25, -0.2) is 0 Å². The summed E-state index contributed by atoms with van der Waals surface area (Å²) in [6, 6.07) is 86.4. The molecule has 0 N–H and O–H groups in total. The van der Waals surface area contributed by atoms with Crippen molar-refractivity contribution < 1.29 is 0 Å². The lowest BCUT2D eigenvalue weighted by atomic mass is 9.80. The topological polar surface area (TPSA) is 0 Å². The van der Waals surface area contributed by atoms with Crippen LogP contribution in [0.25, 0.3) is 142 Å². The first-order chi connectivity index (χ1) is 31.7. The summed E-state index contributed by atoms with van der Waals surface area (Å²) in [4.78, 5) is 0. The molecule has 0 radical (unpaired) electrons. The lowest BCUT2D eigenvalue weighted by Gasteiger charge is -2.23. The lowest BCUT2D eigenvalue weighted by Crippen LogP contribution is -1.95. The molecule has 0 fully saturated rings. The van der Waals surface area contributed by atoms with Gasteiger partial charge in [0.15, 0.2) is 0 Å². The minimum Gasteiger partial charge on any atom is -0.0622 e. The van der Waals surface area contributed by atoms with E-state index in [1.807, 2.05) is 0 Å². The first kappa shape index (κ1) is 35.3. The Morgan fingerprint density at radius 2 is 0.672 bits per heavy atom. The van der Waals surface area contributed by atoms with Crippen LogP contribution in [0.2, 0.25) is 0 Å². The van der Waals surface area contributed by atoms with Gasteiger partial charge in [-0.1, -0.05) is 200 Å². The average molecular weight is 807 g/mol. The van der Waals surface area contributed by atoms with Crippen molar-refractivity contribution in [2.75, 3.05) is 0 Å². The first-order valence-corrected chi connectivity index (χ1v) is 22.3. The first-order valence-electron chi connectivity index (χ1n) is 22.3. The number of fused-ring (bicyclic) bond motifs is 11. The highest BCUT2D eigenvalue weighted by Gasteiger charge is 2.32. The monoisotopic (exact) mass is 806 g/mol. The molecule has 0 unspecified atom stereocenters. The molecule has 0 saturated heterocycles. The Kier molecular flexibility index (Phi) is 7.49. The van der Waals surface area contributed by atoms with Crippen molar-refractivity contribution in [3.8, 4) is 66.8 Å². The molecule has 0 saturated carbocycles. The zero-order valence-corrected chi connectivity index (χ0v) is 34.9. The summed E-state index contributed by atoms with van der Waals surface area (Å²) in [7, 11) is 0. The third kappa shape index (κ3) is 5.11. The molecular formula is C64H38. The molecule has 0 atom stereocenters. The molecule has 0 spiro atoms. The van der Waals surface area contributed by atoms with Gasteiger partial charge in [0.25, 0.3) is 0 Å². The van der Waals surface area contributed by atoms with Crippen LogP contribution in [0.15, 0.2) is 231 Å². The third-order valence-electron chi connectivity index (χ3n) is 14.1. The molecule has 1 aliphatic rings. The van der Waals surface area contributed by atoms with E-state index in [2.05, 4.69) is 231 Å². The van der Waals surface area contributed by atoms with Crippen molar-refractivity contribution in [1.29, 1.82) is 0 Å². The van der Waals surface area contributed by atoms with Crippen LogP contribution in [0.3, 0.4) is 0 Å². The number of rotatable bonds is 4. The van der Waals surface area contributed by atoms with Crippen molar-refractivity contribution in [1.82, 2.24) is 0 Å². The molecule has 0 heteroatoms. The molecule has 0 nitrogen and oxygen atoms in total. The van der Waals surface area contributed by atoms with Gasteiger partial charge in [-0.2, -0.15) is 0 Å². The van der Waals surface area contributed by atoms with Crippen LogP contribution in [-0.2, 0) is 0 Å². The molecule has 294 valence electrons. The van der Waals surface area contributed by atoms with E-state index in [-0.39, 0.29) is 0 Å². The SMILES string of the molecule is c1ccc(-c2ccc(-c3ccc4ccccc4c3)c3cc4c(-c5ccccc5)c5c(c(-c6ccc7c(ccc8ccccc87)c6)c4cc23)-c2cc3ccccc3c3cccc-5c23)cc1. The molecule has 0 aliphatic heterocycles. The molecule has 13 aromatic carbocycles. The lowest BCUT2D eigenvalue weighted by molar-refractivity contribution is 1.63. The summed E-state index contributed by atoms with van der Waals surface area (Å²) in [5.41, 5.74) is 15.1. The minimum atomic E-state index is 1.21. The maximum atomic E-state index is 2.55. The fourth-order valence-electron chi connectivity index (χ4n) is 11.3. The zero-order valence-electron chi connectivity index (χ0n) is 34.9. The van der Waals surface area contributed by atoms with Crippen molar-refractivity contribution in [3.05, 3.63) is 231 Å². The quantitative estimate of drug-likeness (QED) is 0.123. The van der Waals surface area contributed by atoms with Crippen molar-refractivity contribution >= 4 is 75.4 Å². The third-order valence-corrected chi connectivity index (χ3v) is 14.1. The fourth-order valence-corrected chi connectivity index (χ4v) is 11.3. The Hall–Kier alpha value is -8.32. The molecule has 0 amide bonds. The Morgan fingerprint density at radius 1 is 0.172 bits per heavy atom. The molecule has 0 aromatic heterocycles. The second-order valence-corrected chi connectivity index (χ2v) is 17.5. The van der Waals surface area contributed by atoms with Crippen molar-refractivity contribution in [2.45, 2.75) is 0 Å². The number of hydrogen-bond donors (Lipinski definition) is 0. The van der Waals surface area contributed by atoms with Crippen LogP contribution < -0.4 is 0 Å². The number of benzene rings is 13. The second-order valence-electron chi connectivity index (χ2n) is 17.5. The second kappa shape index (κ2) is 13.6. The van der Waals surface area contributed by atoms with E-state index in [4.69, 9.17) is 0 Å². The molecule has 1 aliphatic carbocycles. The Morgan fingerprint density at radius 3 is 1.44 bits per heavy atom. The van der Waals surface area contributed by atoms with E-state index >= 15 is 0 Å². The summed E-state index contributed by atoms with van der Waals surface area (Å²) < 4.78 is 0. The fraction of sp³-hybridized carbons (Fsp3) is 0. The molecular weight excluding hydrogens is 769 g/mol. The highest BCUT2D eigenvalue weighted by Crippen LogP contribution is 2.59. The normalized spacial score (nSPS) is 12.1. The minimum absolute atomic E-state index is 1.21. The standard InChI is InChI=1S/C64H38/c1-3-15-40(16-4-1)50-32-33-52(45-28-26-39-14-7-8-20-43(39)34-45)56-38-57-58(37-55(50)56)61(47-30-31-51-46(35-47)29-27-41-17-9-11-22-48(41)51)64-59-36-44-21-10-12-23-49(44)53-24-13-25-54(62(53)59)63(64)60(57)42-18-5-2-6-19-42/h1-38H. The van der Waals surface area contributed by atoms with Crippen LogP contribution in [0.4, 0.5) is 0 Å². The molecule has 14 rings (SSSR count). The number of hydrogen-bond acceptors (Lipinski definition) is 0. The van der Waals surface area contributed by atoms with E-state index in [9.17, 15) is 0 Å². The predicted molar refractivity (Wildman–Crippen MR) is 275 cm³/mol. The Balaban J connectivity index is 1.20. The largest absolute Gasteiger partial charge is 0.0622 e. The average Bonchev–Trinajstić information content (AvgIpc) is 3.68. The summed E-state index contributed by atoms with van der Waals surface area (Å²) in [6.45, 7) is 0.